The number of benzene rings is 1. The SMILES string of the molecule is N#Cc1c(-c2ccc(Cl)cc2Cl)nc2c(C(=O)O)cnn2c1N. The summed E-state index contributed by atoms with van der Waals surface area (Å²) in [5.74, 6) is -1.23. The summed E-state index contributed by atoms with van der Waals surface area (Å²) >= 11 is 12.0. The highest BCUT2D eigenvalue weighted by Crippen LogP contribution is 2.33. The number of rotatable bonds is 2. The van der Waals surface area contributed by atoms with Crippen molar-refractivity contribution in [1.29, 1.82) is 5.26 Å². The predicted molar refractivity (Wildman–Crippen MR) is 84.5 cm³/mol. The highest BCUT2D eigenvalue weighted by molar-refractivity contribution is 6.36. The molecular formula is C14H7Cl2N5O2. The molecule has 0 amide bonds. The third-order valence-electron chi connectivity index (χ3n) is 3.21. The maximum Gasteiger partial charge on any atom is 0.341 e. The van der Waals surface area contributed by atoms with Crippen LogP contribution in [0.5, 0.6) is 0 Å². The molecule has 0 spiro atoms. The molecule has 114 valence electrons. The van der Waals surface area contributed by atoms with Crippen molar-refractivity contribution in [3.05, 3.63) is 45.6 Å². The van der Waals surface area contributed by atoms with Gasteiger partial charge in [0.05, 0.1) is 16.9 Å². The lowest BCUT2D eigenvalue weighted by atomic mass is 10.1. The van der Waals surface area contributed by atoms with E-state index in [0.717, 1.165) is 10.7 Å². The molecule has 9 heteroatoms. The molecule has 1 aromatic carbocycles. The topological polar surface area (TPSA) is 117 Å². The van der Waals surface area contributed by atoms with E-state index in [2.05, 4.69) is 10.1 Å². The fourth-order valence-electron chi connectivity index (χ4n) is 2.15. The van der Waals surface area contributed by atoms with E-state index in [9.17, 15) is 15.2 Å². The highest BCUT2D eigenvalue weighted by Gasteiger charge is 2.21. The smallest absolute Gasteiger partial charge is 0.341 e. The quantitative estimate of drug-likeness (QED) is 0.735. The monoisotopic (exact) mass is 347 g/mol. The summed E-state index contributed by atoms with van der Waals surface area (Å²) in [6, 6.07) is 6.61. The van der Waals surface area contributed by atoms with Crippen molar-refractivity contribution in [3.8, 4) is 17.3 Å². The first-order valence-corrected chi connectivity index (χ1v) is 6.95. The van der Waals surface area contributed by atoms with Gasteiger partial charge in [-0.3, -0.25) is 0 Å². The molecule has 0 saturated carbocycles. The van der Waals surface area contributed by atoms with Gasteiger partial charge in [0.1, 0.15) is 23.0 Å². The van der Waals surface area contributed by atoms with Gasteiger partial charge in [-0.05, 0) is 18.2 Å². The molecule has 23 heavy (non-hydrogen) atoms. The minimum Gasteiger partial charge on any atom is -0.477 e. The minimum absolute atomic E-state index is 0.0222. The Hall–Kier alpha value is -2.82. The molecule has 3 N–H and O–H groups in total. The Morgan fingerprint density at radius 1 is 1.39 bits per heavy atom. The number of nitrogens with zero attached hydrogens (tertiary/aromatic N) is 4. The number of aromatic carboxylic acids is 1. The van der Waals surface area contributed by atoms with Gasteiger partial charge in [0.25, 0.3) is 0 Å². The summed E-state index contributed by atoms with van der Waals surface area (Å²) in [5, 5.41) is 23.1. The van der Waals surface area contributed by atoms with E-state index < -0.39 is 5.97 Å². The second kappa shape index (κ2) is 5.43. The van der Waals surface area contributed by atoms with Crippen LogP contribution in [0.15, 0.2) is 24.4 Å². The van der Waals surface area contributed by atoms with E-state index in [1.165, 1.54) is 6.07 Å². The summed E-state index contributed by atoms with van der Waals surface area (Å²) in [4.78, 5) is 15.5. The summed E-state index contributed by atoms with van der Waals surface area (Å²) in [7, 11) is 0. The van der Waals surface area contributed by atoms with Gasteiger partial charge < -0.3 is 10.8 Å². The van der Waals surface area contributed by atoms with Crippen LogP contribution in [-0.2, 0) is 0 Å². The maximum absolute atomic E-state index is 11.3. The van der Waals surface area contributed by atoms with Gasteiger partial charge in [-0.2, -0.15) is 14.9 Å². The number of aromatic nitrogens is 3. The zero-order chi connectivity index (χ0) is 16.7. The summed E-state index contributed by atoms with van der Waals surface area (Å²) in [5.41, 5.74) is 6.46. The third-order valence-corrected chi connectivity index (χ3v) is 3.76. The van der Waals surface area contributed by atoms with E-state index in [1.807, 2.05) is 6.07 Å². The van der Waals surface area contributed by atoms with Gasteiger partial charge in [-0.25, -0.2) is 9.78 Å². The fourth-order valence-corrected chi connectivity index (χ4v) is 2.65. The molecule has 0 bridgehead atoms. The second-order valence-electron chi connectivity index (χ2n) is 4.56. The number of nitrogen functional groups attached to an aromatic ring is 1. The third kappa shape index (κ3) is 2.34. The molecule has 2 heterocycles. The highest BCUT2D eigenvalue weighted by atomic mass is 35.5. The Kier molecular flexibility index (Phi) is 3.56. The molecule has 0 atom stereocenters. The van der Waals surface area contributed by atoms with Crippen LogP contribution in [0.2, 0.25) is 10.0 Å². The normalized spacial score (nSPS) is 10.7. The van der Waals surface area contributed by atoms with Crippen molar-refractivity contribution < 1.29 is 9.90 Å². The van der Waals surface area contributed by atoms with Gasteiger partial charge in [-0.15, -0.1) is 0 Å². The lowest BCUT2D eigenvalue weighted by molar-refractivity contribution is 0.0699. The molecule has 2 aromatic heterocycles. The number of nitriles is 1. The summed E-state index contributed by atoms with van der Waals surface area (Å²) in [6.45, 7) is 0. The molecule has 0 aliphatic rings. The molecule has 3 rings (SSSR count). The van der Waals surface area contributed by atoms with Crippen molar-refractivity contribution in [1.82, 2.24) is 14.6 Å². The molecule has 7 nitrogen and oxygen atoms in total. The standard InChI is InChI=1S/C14H7Cl2N5O2/c15-6-1-2-7(10(16)3-6)11-8(4-17)12(18)21-13(20-11)9(5-19-21)14(22)23/h1-3,5H,18H2,(H,22,23). The minimum atomic E-state index is -1.20. The molecule has 0 fully saturated rings. The molecule has 3 aromatic rings. The van der Waals surface area contributed by atoms with Crippen LogP contribution in [-0.4, -0.2) is 25.7 Å². The first-order valence-electron chi connectivity index (χ1n) is 6.20. The van der Waals surface area contributed by atoms with E-state index in [1.54, 1.807) is 12.1 Å². The van der Waals surface area contributed by atoms with Crippen molar-refractivity contribution in [2.75, 3.05) is 5.73 Å². The predicted octanol–water partition coefficient (Wildman–Crippen LogP) is 2.86. The van der Waals surface area contributed by atoms with Crippen LogP contribution in [0.25, 0.3) is 16.9 Å². The number of anilines is 1. The van der Waals surface area contributed by atoms with Gasteiger partial charge in [0.15, 0.2) is 5.65 Å². The van der Waals surface area contributed by atoms with E-state index >= 15 is 0 Å². The number of carboxylic acid groups (broad SMARTS) is 1. The number of hydrogen-bond donors (Lipinski definition) is 2. The number of carbonyl (C=O) groups is 1. The Labute approximate surface area is 139 Å². The van der Waals surface area contributed by atoms with Crippen LogP contribution in [0.1, 0.15) is 15.9 Å². The molecule has 0 saturated heterocycles. The van der Waals surface area contributed by atoms with Gasteiger partial charge in [0.2, 0.25) is 0 Å². The Morgan fingerprint density at radius 3 is 2.74 bits per heavy atom. The molecule has 0 radical (unpaired) electrons. The van der Waals surface area contributed by atoms with Crippen molar-refractivity contribution in [2.45, 2.75) is 0 Å². The average Bonchev–Trinajstić information content (AvgIpc) is 2.91. The zero-order valence-electron chi connectivity index (χ0n) is 11.3. The van der Waals surface area contributed by atoms with Crippen LogP contribution in [0.4, 0.5) is 5.82 Å². The zero-order valence-corrected chi connectivity index (χ0v) is 12.8. The molecule has 0 unspecified atom stereocenters. The Morgan fingerprint density at radius 2 is 2.13 bits per heavy atom. The Balaban J connectivity index is 2.42. The number of hydrogen-bond acceptors (Lipinski definition) is 5. The van der Waals surface area contributed by atoms with Crippen molar-refractivity contribution in [2.24, 2.45) is 0 Å². The first kappa shape index (κ1) is 15.1. The largest absolute Gasteiger partial charge is 0.477 e. The molecular weight excluding hydrogens is 341 g/mol. The van der Waals surface area contributed by atoms with Crippen molar-refractivity contribution >= 4 is 40.6 Å². The van der Waals surface area contributed by atoms with Crippen LogP contribution in [0, 0.1) is 11.3 Å². The molecule has 0 aliphatic carbocycles. The van der Waals surface area contributed by atoms with Crippen LogP contribution in [0.3, 0.4) is 0 Å². The number of halogens is 2. The van der Waals surface area contributed by atoms with Gasteiger partial charge in [-0.1, -0.05) is 23.2 Å². The van der Waals surface area contributed by atoms with Crippen LogP contribution < -0.4 is 5.73 Å². The summed E-state index contributed by atoms with van der Waals surface area (Å²) < 4.78 is 1.11. The summed E-state index contributed by atoms with van der Waals surface area (Å²) in [6.07, 6.45) is 1.12. The number of carboxylic acids is 1. The van der Waals surface area contributed by atoms with Crippen LogP contribution >= 0.6 is 23.2 Å². The van der Waals surface area contributed by atoms with Gasteiger partial charge in [0, 0.05) is 10.6 Å². The number of nitrogens with two attached hydrogens (primary N) is 1. The number of fused-ring (bicyclic) bond motifs is 1. The van der Waals surface area contributed by atoms with E-state index in [-0.39, 0.29) is 33.3 Å². The molecule has 0 aliphatic heterocycles. The van der Waals surface area contributed by atoms with Gasteiger partial charge >= 0.3 is 5.97 Å². The van der Waals surface area contributed by atoms with E-state index in [0.29, 0.717) is 10.6 Å². The lowest BCUT2D eigenvalue weighted by Gasteiger charge is -2.10. The van der Waals surface area contributed by atoms with Crippen molar-refractivity contribution in [3.63, 3.8) is 0 Å². The van der Waals surface area contributed by atoms with E-state index in [4.69, 9.17) is 28.9 Å². The maximum atomic E-state index is 11.3. The average molecular weight is 348 g/mol. The lowest BCUT2D eigenvalue weighted by Crippen LogP contribution is -2.07. The second-order valence-corrected chi connectivity index (χ2v) is 5.40. The first-order chi connectivity index (χ1) is 10.9. The fraction of sp³-hybridized carbons (Fsp3) is 0. The Bertz CT molecular complexity index is 1010.